The first-order valence-corrected chi connectivity index (χ1v) is 8.64. The number of hydrogen-bond donors (Lipinski definition) is 0. The van der Waals surface area contributed by atoms with Gasteiger partial charge in [0.15, 0.2) is 0 Å². The fourth-order valence-electron chi connectivity index (χ4n) is 3.51. The quantitative estimate of drug-likeness (QED) is 0.712. The largest absolute Gasteiger partial charge is 0.158 e. The molecule has 15 heavy (non-hydrogen) atoms. The van der Waals surface area contributed by atoms with Crippen molar-refractivity contribution in [2.24, 2.45) is 5.92 Å². The minimum atomic E-state index is 0.971. The van der Waals surface area contributed by atoms with Gasteiger partial charge in [-0.2, -0.15) is 23.5 Å². The first kappa shape index (κ1) is 10.8. The molecule has 0 aromatic heterocycles. The lowest BCUT2D eigenvalue weighted by Gasteiger charge is -2.28. The molecular formula is C13H21S2. The number of hydrogen-bond acceptors (Lipinski definition) is 2. The molecule has 2 heterocycles. The summed E-state index contributed by atoms with van der Waals surface area (Å²) in [4.78, 5) is 0. The fourth-order valence-corrected chi connectivity index (χ4v) is 6.48. The standard InChI is InChI=1S/C13H21S2/c1-4-10(12-6-2-8-14-12)11(5-1)13-7-3-9-15-13/h10,12-13H,1-9H2. The van der Waals surface area contributed by atoms with Crippen molar-refractivity contribution in [3.8, 4) is 0 Å². The van der Waals surface area contributed by atoms with Crippen molar-refractivity contribution in [3.63, 3.8) is 0 Å². The Morgan fingerprint density at radius 3 is 2.47 bits per heavy atom. The molecule has 2 saturated heterocycles. The van der Waals surface area contributed by atoms with E-state index in [1.807, 2.05) is 5.92 Å². The summed E-state index contributed by atoms with van der Waals surface area (Å²) in [6, 6.07) is 0. The Kier molecular flexibility index (Phi) is 3.55. The Morgan fingerprint density at radius 2 is 1.73 bits per heavy atom. The lowest BCUT2D eigenvalue weighted by atomic mass is 9.87. The topological polar surface area (TPSA) is 0 Å². The van der Waals surface area contributed by atoms with Crippen molar-refractivity contribution in [2.45, 2.75) is 55.4 Å². The van der Waals surface area contributed by atoms with E-state index in [2.05, 4.69) is 23.5 Å². The van der Waals surface area contributed by atoms with E-state index < -0.39 is 0 Å². The average Bonchev–Trinajstić information content (AvgIpc) is 3.01. The van der Waals surface area contributed by atoms with Gasteiger partial charge in [0.05, 0.1) is 0 Å². The van der Waals surface area contributed by atoms with Gasteiger partial charge >= 0.3 is 0 Å². The molecule has 2 heteroatoms. The van der Waals surface area contributed by atoms with E-state index in [1.165, 1.54) is 56.5 Å². The zero-order valence-corrected chi connectivity index (χ0v) is 11.0. The predicted octanol–water partition coefficient (Wildman–Crippen LogP) is 4.15. The third-order valence-corrected chi connectivity index (χ3v) is 7.20. The lowest BCUT2D eigenvalue weighted by molar-refractivity contribution is 0.511. The summed E-state index contributed by atoms with van der Waals surface area (Å²) in [7, 11) is 0. The van der Waals surface area contributed by atoms with Crippen LogP contribution in [0, 0.1) is 11.8 Å². The van der Waals surface area contributed by atoms with Crippen molar-refractivity contribution in [2.75, 3.05) is 11.5 Å². The zero-order chi connectivity index (χ0) is 10.1. The van der Waals surface area contributed by atoms with E-state index in [0.29, 0.717) is 0 Å². The molecule has 1 saturated carbocycles. The van der Waals surface area contributed by atoms with Crippen LogP contribution in [0.3, 0.4) is 0 Å². The second-order valence-corrected chi connectivity index (χ2v) is 7.78. The molecule has 1 aliphatic carbocycles. The van der Waals surface area contributed by atoms with E-state index in [9.17, 15) is 0 Å². The van der Waals surface area contributed by atoms with Gasteiger partial charge in [-0.1, -0.05) is 6.42 Å². The van der Waals surface area contributed by atoms with E-state index >= 15 is 0 Å². The van der Waals surface area contributed by atoms with E-state index in [-0.39, 0.29) is 0 Å². The summed E-state index contributed by atoms with van der Waals surface area (Å²) in [6.45, 7) is 0. The minimum absolute atomic E-state index is 0.971. The van der Waals surface area contributed by atoms with Gasteiger partial charge in [-0.3, -0.25) is 0 Å². The highest BCUT2D eigenvalue weighted by molar-refractivity contribution is 8.00. The van der Waals surface area contributed by atoms with Crippen molar-refractivity contribution in [3.05, 3.63) is 5.92 Å². The molecule has 1 radical (unpaired) electrons. The number of thioether (sulfide) groups is 2. The second-order valence-electron chi connectivity index (χ2n) is 5.13. The molecule has 0 bridgehead atoms. The van der Waals surface area contributed by atoms with Crippen LogP contribution in [-0.2, 0) is 0 Å². The third kappa shape index (κ3) is 2.22. The summed E-state index contributed by atoms with van der Waals surface area (Å²) in [5, 5.41) is 1.99. The first-order valence-electron chi connectivity index (χ1n) is 6.54. The first-order chi connectivity index (χ1) is 7.45. The lowest BCUT2D eigenvalue weighted by Crippen LogP contribution is -2.24. The molecule has 0 N–H and O–H groups in total. The van der Waals surface area contributed by atoms with Gasteiger partial charge in [0.2, 0.25) is 0 Å². The highest BCUT2D eigenvalue weighted by atomic mass is 32.2. The molecule has 2 aliphatic heterocycles. The van der Waals surface area contributed by atoms with Crippen LogP contribution in [0.2, 0.25) is 0 Å². The third-order valence-electron chi connectivity index (χ3n) is 4.21. The zero-order valence-electron chi connectivity index (χ0n) is 9.41. The van der Waals surface area contributed by atoms with Crippen molar-refractivity contribution in [1.82, 2.24) is 0 Å². The van der Waals surface area contributed by atoms with Gasteiger partial charge in [-0.15, -0.1) is 0 Å². The summed E-state index contributed by atoms with van der Waals surface area (Å²) >= 11 is 4.53. The van der Waals surface area contributed by atoms with Crippen LogP contribution >= 0.6 is 23.5 Å². The molecule has 3 unspecified atom stereocenters. The van der Waals surface area contributed by atoms with Gasteiger partial charge in [0, 0.05) is 10.5 Å². The predicted molar refractivity (Wildman–Crippen MR) is 71.5 cm³/mol. The normalized spacial score (nSPS) is 42.8. The molecule has 85 valence electrons. The highest BCUT2D eigenvalue weighted by Gasteiger charge is 2.40. The van der Waals surface area contributed by atoms with Gasteiger partial charge in [0.25, 0.3) is 0 Å². The Bertz CT molecular complexity index is 183. The molecule has 0 spiro atoms. The Hall–Kier alpha value is 0.700. The maximum absolute atomic E-state index is 2.27. The van der Waals surface area contributed by atoms with E-state index in [4.69, 9.17) is 0 Å². The van der Waals surface area contributed by atoms with Crippen LogP contribution in [0.25, 0.3) is 0 Å². The summed E-state index contributed by atoms with van der Waals surface area (Å²) in [6.07, 6.45) is 10.4. The van der Waals surface area contributed by atoms with Gasteiger partial charge in [-0.05, 0) is 61.9 Å². The van der Waals surface area contributed by atoms with Crippen LogP contribution < -0.4 is 0 Å². The molecule has 0 aromatic carbocycles. The summed E-state index contributed by atoms with van der Waals surface area (Å²) in [5.41, 5.74) is 0. The van der Waals surface area contributed by atoms with Crippen LogP contribution in [0.5, 0.6) is 0 Å². The molecule has 3 aliphatic rings. The molecule has 0 amide bonds. The van der Waals surface area contributed by atoms with Crippen LogP contribution in [0.15, 0.2) is 0 Å². The molecule has 0 nitrogen and oxygen atoms in total. The van der Waals surface area contributed by atoms with Crippen LogP contribution in [0.1, 0.15) is 44.9 Å². The summed E-state index contributed by atoms with van der Waals surface area (Å²) in [5.74, 6) is 5.87. The SMILES string of the molecule is C1CSC([C]2CCCC2C2CCCS2)C1. The minimum Gasteiger partial charge on any atom is -0.158 e. The Morgan fingerprint density at radius 1 is 0.867 bits per heavy atom. The molecule has 3 rings (SSSR count). The van der Waals surface area contributed by atoms with Crippen molar-refractivity contribution >= 4 is 23.5 Å². The molecular weight excluding hydrogens is 220 g/mol. The average molecular weight is 241 g/mol. The Labute approximate surface area is 102 Å². The van der Waals surface area contributed by atoms with Gasteiger partial charge < -0.3 is 0 Å². The van der Waals surface area contributed by atoms with Gasteiger partial charge in [0.1, 0.15) is 0 Å². The molecule has 3 fully saturated rings. The smallest absolute Gasteiger partial charge is 0.0113 e. The van der Waals surface area contributed by atoms with Crippen molar-refractivity contribution in [1.29, 1.82) is 0 Å². The molecule has 3 atom stereocenters. The maximum Gasteiger partial charge on any atom is 0.0113 e. The Balaban J connectivity index is 1.65. The number of rotatable bonds is 2. The van der Waals surface area contributed by atoms with Crippen LogP contribution in [-0.4, -0.2) is 22.0 Å². The van der Waals surface area contributed by atoms with Gasteiger partial charge in [-0.25, -0.2) is 0 Å². The summed E-state index contributed by atoms with van der Waals surface area (Å²) < 4.78 is 0. The van der Waals surface area contributed by atoms with E-state index in [0.717, 1.165) is 16.4 Å². The second kappa shape index (κ2) is 4.91. The van der Waals surface area contributed by atoms with Crippen molar-refractivity contribution < 1.29 is 0 Å². The van der Waals surface area contributed by atoms with Crippen LogP contribution in [0.4, 0.5) is 0 Å². The molecule has 0 aromatic rings. The highest BCUT2D eigenvalue weighted by Crippen LogP contribution is 2.50. The van der Waals surface area contributed by atoms with E-state index in [1.54, 1.807) is 0 Å². The maximum atomic E-state index is 2.27. The fraction of sp³-hybridized carbons (Fsp3) is 0.923. The monoisotopic (exact) mass is 241 g/mol.